The number of nitrogens with zero attached hydrogens (tertiary/aromatic N) is 1. The van der Waals surface area contributed by atoms with Crippen molar-refractivity contribution in [3.05, 3.63) is 28.8 Å². The van der Waals surface area contributed by atoms with Gasteiger partial charge in [0.1, 0.15) is 0 Å². The highest BCUT2D eigenvalue weighted by atomic mass is 35.5. The number of halogens is 1. The second-order valence-electron chi connectivity index (χ2n) is 4.91. The lowest BCUT2D eigenvalue weighted by molar-refractivity contribution is 0.102. The molecule has 0 spiro atoms. The molecule has 1 fully saturated rings. The molecule has 0 saturated carbocycles. The Labute approximate surface area is 124 Å². The van der Waals surface area contributed by atoms with Gasteiger partial charge < -0.3 is 10.5 Å². The van der Waals surface area contributed by atoms with Crippen LogP contribution in [0.3, 0.4) is 0 Å². The molecule has 0 bridgehead atoms. The summed E-state index contributed by atoms with van der Waals surface area (Å²) in [5.41, 5.74) is 6.19. The first kappa shape index (κ1) is 15.7. The van der Waals surface area contributed by atoms with E-state index in [1.165, 1.54) is 16.4 Å². The van der Waals surface area contributed by atoms with Crippen LogP contribution in [0.25, 0.3) is 0 Å². The van der Waals surface area contributed by atoms with Crippen LogP contribution in [0.4, 0.5) is 0 Å². The zero-order valence-corrected chi connectivity index (χ0v) is 13.1. The monoisotopic (exact) mass is 318 g/mol. The molecule has 5 nitrogen and oxygen atoms in total. The Hall–Kier alpha value is -0.660. The van der Waals surface area contributed by atoms with E-state index in [4.69, 9.17) is 22.1 Å². The van der Waals surface area contributed by atoms with Crippen molar-refractivity contribution in [1.82, 2.24) is 4.31 Å². The van der Waals surface area contributed by atoms with E-state index in [0.717, 1.165) is 0 Å². The Morgan fingerprint density at radius 1 is 1.50 bits per heavy atom. The summed E-state index contributed by atoms with van der Waals surface area (Å²) in [6.45, 7) is 2.67. The fourth-order valence-electron chi connectivity index (χ4n) is 2.41. The molecule has 2 unspecified atom stereocenters. The van der Waals surface area contributed by atoms with Crippen molar-refractivity contribution in [1.29, 1.82) is 0 Å². The summed E-state index contributed by atoms with van der Waals surface area (Å²) in [6.07, 6.45) is 0.602. The third kappa shape index (κ3) is 2.84. The van der Waals surface area contributed by atoms with Crippen LogP contribution in [0.15, 0.2) is 23.1 Å². The van der Waals surface area contributed by atoms with E-state index in [9.17, 15) is 8.42 Å². The Balaban J connectivity index is 2.34. The van der Waals surface area contributed by atoms with Gasteiger partial charge in [-0.2, -0.15) is 4.31 Å². The third-order valence-corrected chi connectivity index (χ3v) is 5.96. The number of sulfonamides is 1. The Morgan fingerprint density at radius 3 is 2.75 bits per heavy atom. The predicted octanol–water partition coefficient (Wildman–Crippen LogP) is 1.60. The van der Waals surface area contributed by atoms with Gasteiger partial charge in [0.25, 0.3) is 0 Å². The molecule has 0 aliphatic carbocycles. The highest BCUT2D eigenvalue weighted by Gasteiger charge is 2.35. The predicted molar refractivity (Wildman–Crippen MR) is 78.1 cm³/mol. The normalized spacial score (nSPS) is 23.4. The van der Waals surface area contributed by atoms with Crippen LogP contribution in [-0.2, 0) is 21.3 Å². The molecule has 2 atom stereocenters. The first-order chi connectivity index (χ1) is 9.37. The summed E-state index contributed by atoms with van der Waals surface area (Å²) in [6, 6.07) is 4.47. The summed E-state index contributed by atoms with van der Waals surface area (Å²) in [7, 11) is -1.98. The van der Waals surface area contributed by atoms with Crippen molar-refractivity contribution in [2.24, 2.45) is 5.73 Å². The Kier molecular flexibility index (Phi) is 4.71. The van der Waals surface area contributed by atoms with Gasteiger partial charge in [-0.3, -0.25) is 0 Å². The summed E-state index contributed by atoms with van der Waals surface area (Å²) >= 11 is 5.97. The van der Waals surface area contributed by atoms with Crippen LogP contribution < -0.4 is 5.73 Å². The molecule has 0 aromatic heterocycles. The third-order valence-electron chi connectivity index (χ3n) is 3.72. The van der Waals surface area contributed by atoms with E-state index in [0.29, 0.717) is 23.6 Å². The molecule has 20 heavy (non-hydrogen) atoms. The first-order valence-corrected chi connectivity index (χ1v) is 8.28. The standard InChI is InChI=1S/C13H19ClN2O3S/c1-9-13(5-6-19-9)16(2)20(17,18)11-3-4-12(14)10(7-11)8-15/h3-4,7,9,13H,5-6,8,15H2,1-2H3. The number of rotatable bonds is 4. The second-order valence-corrected chi connectivity index (χ2v) is 7.32. The molecule has 0 amide bonds. The van der Waals surface area contributed by atoms with Crippen LogP contribution in [0.1, 0.15) is 18.9 Å². The topological polar surface area (TPSA) is 72.6 Å². The smallest absolute Gasteiger partial charge is 0.243 e. The average molecular weight is 319 g/mol. The van der Waals surface area contributed by atoms with E-state index < -0.39 is 10.0 Å². The number of hydrogen-bond donors (Lipinski definition) is 1. The molecule has 112 valence electrons. The zero-order valence-electron chi connectivity index (χ0n) is 11.5. The molecule has 1 aliphatic rings. The number of hydrogen-bond acceptors (Lipinski definition) is 4. The van der Waals surface area contributed by atoms with Crippen molar-refractivity contribution >= 4 is 21.6 Å². The van der Waals surface area contributed by atoms with Crippen LogP contribution in [-0.4, -0.2) is 38.5 Å². The van der Waals surface area contributed by atoms with Gasteiger partial charge in [0.15, 0.2) is 0 Å². The maximum absolute atomic E-state index is 12.6. The van der Waals surface area contributed by atoms with Gasteiger partial charge in [-0.1, -0.05) is 11.6 Å². The number of benzene rings is 1. The molecular weight excluding hydrogens is 300 g/mol. The van der Waals surface area contributed by atoms with E-state index in [-0.39, 0.29) is 23.6 Å². The van der Waals surface area contributed by atoms with Gasteiger partial charge in [0.2, 0.25) is 10.0 Å². The molecule has 0 radical (unpaired) electrons. The summed E-state index contributed by atoms with van der Waals surface area (Å²) in [5.74, 6) is 0. The molecule has 1 aromatic rings. The number of likely N-dealkylation sites (N-methyl/N-ethyl adjacent to an activating group) is 1. The van der Waals surface area contributed by atoms with Crippen LogP contribution in [0.5, 0.6) is 0 Å². The van der Waals surface area contributed by atoms with Gasteiger partial charge in [-0.05, 0) is 37.1 Å². The van der Waals surface area contributed by atoms with E-state index >= 15 is 0 Å². The van der Waals surface area contributed by atoms with E-state index in [1.54, 1.807) is 13.1 Å². The van der Waals surface area contributed by atoms with Crippen molar-refractivity contribution < 1.29 is 13.2 Å². The highest BCUT2D eigenvalue weighted by Crippen LogP contribution is 2.27. The maximum Gasteiger partial charge on any atom is 0.243 e. The van der Waals surface area contributed by atoms with E-state index in [1.807, 2.05) is 6.92 Å². The molecular formula is C13H19ClN2O3S. The van der Waals surface area contributed by atoms with Crippen molar-refractivity contribution in [3.8, 4) is 0 Å². The van der Waals surface area contributed by atoms with Crippen molar-refractivity contribution in [2.45, 2.75) is 36.9 Å². The summed E-state index contributed by atoms with van der Waals surface area (Å²) in [4.78, 5) is 0.212. The van der Waals surface area contributed by atoms with E-state index in [2.05, 4.69) is 0 Å². The number of ether oxygens (including phenoxy) is 1. The van der Waals surface area contributed by atoms with Crippen molar-refractivity contribution in [2.75, 3.05) is 13.7 Å². The van der Waals surface area contributed by atoms with Gasteiger partial charge in [-0.25, -0.2) is 8.42 Å². The van der Waals surface area contributed by atoms with Gasteiger partial charge in [-0.15, -0.1) is 0 Å². The van der Waals surface area contributed by atoms with Crippen molar-refractivity contribution in [3.63, 3.8) is 0 Å². The maximum atomic E-state index is 12.6. The summed E-state index contributed by atoms with van der Waals surface area (Å²) in [5, 5.41) is 0.478. The molecule has 7 heteroatoms. The molecule has 2 rings (SSSR count). The van der Waals surface area contributed by atoms with Crippen LogP contribution in [0.2, 0.25) is 5.02 Å². The summed E-state index contributed by atoms with van der Waals surface area (Å²) < 4.78 is 32.1. The highest BCUT2D eigenvalue weighted by molar-refractivity contribution is 7.89. The minimum atomic E-state index is -3.57. The van der Waals surface area contributed by atoms with Gasteiger partial charge in [0.05, 0.1) is 17.0 Å². The van der Waals surface area contributed by atoms with Crippen LogP contribution in [0, 0.1) is 0 Å². The largest absolute Gasteiger partial charge is 0.377 e. The lowest BCUT2D eigenvalue weighted by atomic mass is 10.2. The molecule has 1 heterocycles. The minimum Gasteiger partial charge on any atom is -0.377 e. The second kappa shape index (κ2) is 5.99. The average Bonchev–Trinajstić information content (AvgIpc) is 2.84. The zero-order chi connectivity index (χ0) is 14.9. The lowest BCUT2D eigenvalue weighted by Crippen LogP contribution is -2.40. The Bertz CT molecular complexity index is 591. The molecule has 1 aliphatic heterocycles. The van der Waals surface area contributed by atoms with Gasteiger partial charge in [0, 0.05) is 25.2 Å². The van der Waals surface area contributed by atoms with Crippen LogP contribution >= 0.6 is 11.6 Å². The van der Waals surface area contributed by atoms with Gasteiger partial charge >= 0.3 is 0 Å². The lowest BCUT2D eigenvalue weighted by Gasteiger charge is -2.26. The molecule has 1 aromatic carbocycles. The molecule has 1 saturated heterocycles. The minimum absolute atomic E-state index is 0.101. The number of nitrogens with two attached hydrogens (primary N) is 1. The fourth-order valence-corrected chi connectivity index (χ4v) is 4.10. The Morgan fingerprint density at radius 2 is 2.20 bits per heavy atom. The fraction of sp³-hybridized carbons (Fsp3) is 0.538. The SMILES string of the molecule is CC1OCCC1N(C)S(=O)(=O)c1ccc(Cl)c(CN)c1. The molecule has 2 N–H and O–H groups in total. The quantitative estimate of drug-likeness (QED) is 0.915. The first-order valence-electron chi connectivity index (χ1n) is 6.46.